The molecule has 0 bridgehead atoms. The number of fused-ring (bicyclic) bond motifs is 1. The van der Waals surface area contributed by atoms with Gasteiger partial charge in [0.25, 0.3) is 0 Å². The maximum Gasteiger partial charge on any atom is 0.138 e. The number of pyridine rings is 1. The second-order valence-electron chi connectivity index (χ2n) is 7.78. The van der Waals surface area contributed by atoms with Crippen molar-refractivity contribution in [2.75, 3.05) is 44.7 Å². The van der Waals surface area contributed by atoms with E-state index in [9.17, 15) is 0 Å². The molecule has 0 amide bonds. The van der Waals surface area contributed by atoms with Gasteiger partial charge in [0, 0.05) is 50.3 Å². The van der Waals surface area contributed by atoms with Gasteiger partial charge in [0.1, 0.15) is 11.5 Å². The van der Waals surface area contributed by atoms with Crippen LogP contribution in [0.25, 0.3) is 5.65 Å². The fraction of sp³-hybridized carbons (Fsp3) is 0.476. The smallest absolute Gasteiger partial charge is 0.138 e. The van der Waals surface area contributed by atoms with Crippen molar-refractivity contribution in [3.63, 3.8) is 0 Å². The van der Waals surface area contributed by atoms with Crippen molar-refractivity contribution in [3.05, 3.63) is 52.5 Å². The first-order valence-corrected chi connectivity index (χ1v) is 10.8. The molecule has 2 aliphatic rings. The topological polar surface area (TPSA) is 27.0 Å². The van der Waals surface area contributed by atoms with E-state index >= 15 is 0 Å². The minimum Gasteiger partial charge on any atom is -0.358 e. The molecule has 5 rings (SSSR count). The number of thiophene rings is 1. The van der Waals surface area contributed by atoms with Crippen LogP contribution < -0.4 is 4.90 Å². The number of hydrogen-bond acceptors (Lipinski definition) is 5. The van der Waals surface area contributed by atoms with Gasteiger partial charge in [-0.1, -0.05) is 12.1 Å². The van der Waals surface area contributed by atoms with Crippen LogP contribution >= 0.6 is 11.3 Å². The van der Waals surface area contributed by atoms with Crippen molar-refractivity contribution < 1.29 is 0 Å². The van der Waals surface area contributed by atoms with Gasteiger partial charge in [-0.3, -0.25) is 14.2 Å². The Kier molecular flexibility index (Phi) is 4.63. The Hall–Kier alpha value is -1.89. The molecule has 142 valence electrons. The molecular weight excluding hydrogens is 354 g/mol. The minimum atomic E-state index is 0.352. The Morgan fingerprint density at radius 3 is 2.78 bits per heavy atom. The zero-order valence-corrected chi connectivity index (χ0v) is 16.7. The second kappa shape index (κ2) is 7.26. The lowest BCUT2D eigenvalue weighted by Gasteiger charge is -2.38. The second-order valence-corrected chi connectivity index (χ2v) is 8.82. The van der Waals surface area contributed by atoms with Crippen LogP contribution in [0.5, 0.6) is 0 Å². The van der Waals surface area contributed by atoms with Gasteiger partial charge in [0.2, 0.25) is 0 Å². The van der Waals surface area contributed by atoms with E-state index in [2.05, 4.69) is 68.1 Å². The maximum absolute atomic E-state index is 5.02. The van der Waals surface area contributed by atoms with Crippen molar-refractivity contribution in [3.8, 4) is 0 Å². The Labute approximate surface area is 164 Å². The van der Waals surface area contributed by atoms with E-state index in [4.69, 9.17) is 4.98 Å². The number of hydrogen-bond donors (Lipinski definition) is 0. The monoisotopic (exact) mass is 381 g/mol. The summed E-state index contributed by atoms with van der Waals surface area (Å²) in [5, 5.41) is 2.17. The molecule has 2 fully saturated rings. The molecule has 6 heteroatoms. The van der Waals surface area contributed by atoms with Gasteiger partial charge in [-0.25, -0.2) is 4.98 Å². The number of nitrogens with zero attached hydrogens (tertiary/aromatic N) is 5. The Bertz CT molecular complexity index is 897. The summed E-state index contributed by atoms with van der Waals surface area (Å²) in [6, 6.07) is 11.3. The van der Waals surface area contributed by atoms with Gasteiger partial charge < -0.3 is 4.90 Å². The van der Waals surface area contributed by atoms with Crippen molar-refractivity contribution in [2.24, 2.45) is 0 Å². The summed E-state index contributed by atoms with van der Waals surface area (Å²) in [5.74, 6) is 1.29. The van der Waals surface area contributed by atoms with Crippen LogP contribution in [0.2, 0.25) is 0 Å². The van der Waals surface area contributed by atoms with E-state index in [-0.39, 0.29) is 0 Å². The lowest BCUT2D eigenvalue weighted by molar-refractivity contribution is 0.0892. The molecule has 3 aromatic heterocycles. The highest BCUT2D eigenvalue weighted by molar-refractivity contribution is 7.09. The summed E-state index contributed by atoms with van der Waals surface area (Å²) in [7, 11) is 2.23. The van der Waals surface area contributed by atoms with Crippen LogP contribution in [0.1, 0.15) is 29.5 Å². The fourth-order valence-electron chi connectivity index (χ4n) is 4.40. The Morgan fingerprint density at radius 2 is 1.96 bits per heavy atom. The van der Waals surface area contributed by atoms with Gasteiger partial charge in [0.15, 0.2) is 0 Å². The molecule has 0 aromatic carbocycles. The van der Waals surface area contributed by atoms with Crippen LogP contribution in [-0.2, 0) is 6.54 Å². The third-order valence-electron chi connectivity index (χ3n) is 5.95. The minimum absolute atomic E-state index is 0.352. The van der Waals surface area contributed by atoms with Gasteiger partial charge in [0.05, 0.1) is 11.7 Å². The quantitative estimate of drug-likeness (QED) is 0.691. The average Bonchev–Trinajstić information content (AvgIpc) is 3.44. The molecule has 0 radical (unpaired) electrons. The molecule has 2 saturated heterocycles. The summed E-state index contributed by atoms with van der Waals surface area (Å²) in [5.41, 5.74) is 2.26. The molecule has 5 heterocycles. The number of piperazine rings is 1. The molecule has 2 aliphatic heterocycles. The van der Waals surface area contributed by atoms with E-state index in [1.54, 1.807) is 0 Å². The summed E-state index contributed by atoms with van der Waals surface area (Å²) in [6.45, 7) is 6.61. The Balaban J connectivity index is 1.42. The standard InChI is InChI=1S/C21H27N5S/c1-23-11-12-24(14-17-6-5-13-27-17)16-19(23)18-15-26-20(22-18)7-4-8-21(26)25-9-2-3-10-25/h4-8,13,15,19H,2-3,9-12,14,16H2,1H3/t19-/m1/s1. The molecule has 0 saturated carbocycles. The summed E-state index contributed by atoms with van der Waals surface area (Å²) in [4.78, 5) is 14.0. The molecule has 0 aliphatic carbocycles. The molecule has 0 spiro atoms. The third-order valence-corrected chi connectivity index (χ3v) is 6.81. The first-order valence-electron chi connectivity index (χ1n) is 9.96. The first kappa shape index (κ1) is 17.2. The molecule has 3 aromatic rings. The lowest BCUT2D eigenvalue weighted by Crippen LogP contribution is -2.46. The first-order chi connectivity index (χ1) is 13.3. The largest absolute Gasteiger partial charge is 0.358 e. The summed E-state index contributed by atoms with van der Waals surface area (Å²) < 4.78 is 2.30. The highest BCUT2D eigenvalue weighted by Gasteiger charge is 2.28. The van der Waals surface area contributed by atoms with Crippen molar-refractivity contribution >= 4 is 22.8 Å². The normalized spacial score (nSPS) is 22.1. The molecule has 1 atom stereocenters. The summed E-state index contributed by atoms with van der Waals surface area (Å²) in [6.07, 6.45) is 4.86. The van der Waals surface area contributed by atoms with Gasteiger partial charge in [-0.15, -0.1) is 11.3 Å². The van der Waals surface area contributed by atoms with Crippen LogP contribution in [-0.4, -0.2) is 59.0 Å². The summed E-state index contributed by atoms with van der Waals surface area (Å²) >= 11 is 1.85. The maximum atomic E-state index is 5.02. The van der Waals surface area contributed by atoms with Crippen LogP contribution in [0.4, 0.5) is 5.82 Å². The van der Waals surface area contributed by atoms with E-state index in [1.807, 2.05) is 11.3 Å². The SMILES string of the molecule is CN1CCN(Cc2cccs2)C[C@@H]1c1cn2c(N3CCCC3)cccc2n1. The predicted molar refractivity (Wildman–Crippen MR) is 112 cm³/mol. The predicted octanol–water partition coefficient (Wildman–Crippen LogP) is 3.48. The van der Waals surface area contributed by atoms with Crippen molar-refractivity contribution in [2.45, 2.75) is 25.4 Å². The third kappa shape index (κ3) is 3.37. The van der Waals surface area contributed by atoms with E-state index in [0.29, 0.717) is 6.04 Å². The molecule has 0 unspecified atom stereocenters. The van der Waals surface area contributed by atoms with E-state index < -0.39 is 0 Å². The number of rotatable bonds is 4. The molecular formula is C21H27N5S. The van der Waals surface area contributed by atoms with E-state index in [1.165, 1.54) is 29.2 Å². The van der Waals surface area contributed by atoms with Crippen molar-refractivity contribution in [1.29, 1.82) is 0 Å². The Morgan fingerprint density at radius 1 is 1.07 bits per heavy atom. The zero-order valence-electron chi connectivity index (χ0n) is 15.9. The van der Waals surface area contributed by atoms with Crippen LogP contribution in [0.3, 0.4) is 0 Å². The fourth-order valence-corrected chi connectivity index (χ4v) is 5.14. The lowest BCUT2D eigenvalue weighted by atomic mass is 10.1. The van der Waals surface area contributed by atoms with Crippen LogP contribution in [0, 0.1) is 0 Å². The molecule has 27 heavy (non-hydrogen) atoms. The van der Waals surface area contributed by atoms with Crippen LogP contribution in [0.15, 0.2) is 41.9 Å². The van der Waals surface area contributed by atoms with Gasteiger partial charge in [-0.05, 0) is 43.5 Å². The van der Waals surface area contributed by atoms with Crippen molar-refractivity contribution in [1.82, 2.24) is 19.2 Å². The average molecular weight is 382 g/mol. The van der Waals surface area contributed by atoms with Gasteiger partial charge in [-0.2, -0.15) is 0 Å². The molecule has 0 N–H and O–H groups in total. The number of imidazole rings is 1. The number of likely N-dealkylation sites (N-methyl/N-ethyl adjacent to an activating group) is 1. The molecule has 5 nitrogen and oxygen atoms in total. The highest BCUT2D eigenvalue weighted by atomic mass is 32.1. The van der Waals surface area contributed by atoms with E-state index in [0.717, 1.165) is 44.9 Å². The number of aromatic nitrogens is 2. The van der Waals surface area contributed by atoms with Gasteiger partial charge >= 0.3 is 0 Å². The highest BCUT2D eigenvalue weighted by Crippen LogP contribution is 2.28. The zero-order chi connectivity index (χ0) is 18.2. The number of anilines is 1.